The van der Waals surface area contributed by atoms with E-state index in [2.05, 4.69) is 20.3 Å². The molecule has 3 rings (SSSR count). The minimum Gasteiger partial charge on any atom is -0.446 e. The van der Waals surface area contributed by atoms with Crippen LogP contribution in [-0.2, 0) is 14.8 Å². The van der Waals surface area contributed by atoms with Crippen molar-refractivity contribution < 1.29 is 22.3 Å². The predicted octanol–water partition coefficient (Wildman–Crippen LogP) is 3.25. The second kappa shape index (κ2) is 9.03. The molecule has 10 heteroatoms. The lowest BCUT2D eigenvalue weighted by Crippen LogP contribution is -2.33. The molecule has 1 aliphatic carbocycles. The van der Waals surface area contributed by atoms with E-state index in [0.717, 1.165) is 31.1 Å². The molecule has 1 amide bonds. The van der Waals surface area contributed by atoms with Gasteiger partial charge < -0.3 is 15.4 Å². The van der Waals surface area contributed by atoms with Crippen molar-refractivity contribution in [3.8, 4) is 0 Å². The number of hydrogen-bond acceptors (Lipinski definition) is 6. The van der Waals surface area contributed by atoms with Crippen LogP contribution in [0.5, 0.6) is 0 Å². The number of carbonyl (C=O) groups is 1. The van der Waals surface area contributed by atoms with Crippen molar-refractivity contribution in [3.05, 3.63) is 35.7 Å². The van der Waals surface area contributed by atoms with E-state index in [4.69, 9.17) is 4.74 Å². The Bertz CT molecular complexity index is 975. The first-order valence-corrected chi connectivity index (χ1v) is 11.7. The second-order valence-electron chi connectivity index (χ2n) is 7.95. The van der Waals surface area contributed by atoms with Gasteiger partial charge in [0.25, 0.3) is 0 Å². The molecule has 8 nitrogen and oxygen atoms in total. The van der Waals surface area contributed by atoms with Crippen LogP contribution in [0.2, 0.25) is 0 Å². The summed E-state index contributed by atoms with van der Waals surface area (Å²) in [6, 6.07) is 4.20. The van der Waals surface area contributed by atoms with Gasteiger partial charge in [-0.25, -0.2) is 17.6 Å². The smallest absolute Gasteiger partial charge is 0.407 e. The Labute approximate surface area is 176 Å². The number of alkyl carbamates (subject to hydrolysis) is 1. The van der Waals surface area contributed by atoms with Gasteiger partial charge >= 0.3 is 6.09 Å². The Kier molecular flexibility index (Phi) is 6.64. The fourth-order valence-corrected chi connectivity index (χ4v) is 4.16. The lowest BCUT2D eigenvalue weighted by molar-refractivity contribution is 0.0975. The number of carbonyl (C=O) groups excluding carboxylic acids is 1. The van der Waals surface area contributed by atoms with Crippen LogP contribution in [-0.4, -0.2) is 45.3 Å². The van der Waals surface area contributed by atoms with E-state index in [1.165, 1.54) is 12.1 Å². The summed E-state index contributed by atoms with van der Waals surface area (Å²) in [4.78, 5) is 16.2. The molecule has 1 saturated carbocycles. The third-order valence-electron chi connectivity index (χ3n) is 4.88. The van der Waals surface area contributed by atoms with Crippen molar-refractivity contribution in [1.29, 1.82) is 0 Å². The first kappa shape index (κ1) is 22.1. The van der Waals surface area contributed by atoms with E-state index in [9.17, 15) is 17.6 Å². The molecule has 2 atom stereocenters. The summed E-state index contributed by atoms with van der Waals surface area (Å²) in [5, 5.41) is 5.78. The van der Waals surface area contributed by atoms with E-state index in [0.29, 0.717) is 24.0 Å². The minimum absolute atomic E-state index is 0.0373. The molecule has 0 spiro atoms. The number of anilines is 2. The number of ether oxygens (including phenoxy) is 1. The van der Waals surface area contributed by atoms with E-state index in [1.807, 2.05) is 19.9 Å². The van der Waals surface area contributed by atoms with Crippen LogP contribution in [0.4, 0.5) is 20.6 Å². The lowest BCUT2D eigenvalue weighted by atomic mass is 9.98. The summed E-state index contributed by atoms with van der Waals surface area (Å²) < 4.78 is 44.2. The van der Waals surface area contributed by atoms with Crippen LogP contribution < -0.4 is 15.4 Å². The van der Waals surface area contributed by atoms with Gasteiger partial charge in [-0.05, 0) is 68.9 Å². The van der Waals surface area contributed by atoms with Crippen molar-refractivity contribution in [3.63, 3.8) is 0 Å². The van der Waals surface area contributed by atoms with Gasteiger partial charge in [-0.3, -0.25) is 9.71 Å². The topological polar surface area (TPSA) is 109 Å². The summed E-state index contributed by atoms with van der Waals surface area (Å²) in [6.07, 6.45) is 4.93. The van der Waals surface area contributed by atoms with Crippen LogP contribution in [0.1, 0.15) is 33.1 Å². The molecule has 1 aromatic carbocycles. The fourth-order valence-electron chi connectivity index (χ4n) is 3.59. The van der Waals surface area contributed by atoms with Gasteiger partial charge in [-0.15, -0.1) is 0 Å². The van der Waals surface area contributed by atoms with E-state index in [1.54, 1.807) is 6.07 Å². The zero-order chi connectivity index (χ0) is 21.9. The maximum atomic E-state index is 14.1. The zero-order valence-corrected chi connectivity index (χ0v) is 18.1. The second-order valence-corrected chi connectivity index (χ2v) is 9.70. The number of aliphatic imine (C=N–C) groups is 1. The standard InChI is InChI=1S/C20H27FN4O4S/c1-12(2)23-20(26)29-16-6-4-13(8-16)14-9-19(22-11-14)24-15-5-7-18(17(21)10-15)25-30(3,27)28/h5,7,9-10,12-13,16,25H,4,6,8,11H2,1-3H3,(H,22,24)(H,23,26)/t13-,16+/m0/s1. The number of halogens is 1. The van der Waals surface area contributed by atoms with Gasteiger partial charge in [0.05, 0.1) is 18.5 Å². The highest BCUT2D eigenvalue weighted by atomic mass is 32.2. The van der Waals surface area contributed by atoms with E-state index >= 15 is 0 Å². The largest absolute Gasteiger partial charge is 0.446 e. The maximum Gasteiger partial charge on any atom is 0.407 e. The third kappa shape index (κ3) is 6.19. The van der Waals surface area contributed by atoms with Crippen LogP contribution >= 0.6 is 0 Å². The average molecular weight is 439 g/mol. The summed E-state index contributed by atoms with van der Waals surface area (Å²) >= 11 is 0. The molecule has 30 heavy (non-hydrogen) atoms. The van der Waals surface area contributed by atoms with Gasteiger partial charge in [0.1, 0.15) is 17.8 Å². The lowest BCUT2D eigenvalue weighted by Gasteiger charge is -2.15. The first-order chi connectivity index (χ1) is 14.1. The van der Waals surface area contributed by atoms with Crippen LogP contribution in [0, 0.1) is 11.7 Å². The number of nitrogens with zero attached hydrogens (tertiary/aromatic N) is 1. The number of nitrogens with one attached hydrogen (secondary N) is 3. The van der Waals surface area contributed by atoms with Crippen LogP contribution in [0.3, 0.4) is 0 Å². The minimum atomic E-state index is -3.55. The van der Waals surface area contributed by atoms with Crippen LogP contribution in [0.25, 0.3) is 0 Å². The Morgan fingerprint density at radius 1 is 1.30 bits per heavy atom. The number of sulfonamides is 1. The fraction of sp³-hybridized carbons (Fsp3) is 0.500. The first-order valence-electron chi connectivity index (χ1n) is 9.85. The number of amidine groups is 1. The predicted molar refractivity (Wildman–Crippen MR) is 115 cm³/mol. The number of benzene rings is 1. The molecule has 3 N–H and O–H groups in total. The van der Waals surface area contributed by atoms with E-state index in [-0.39, 0.29) is 23.9 Å². The molecular weight excluding hydrogens is 411 g/mol. The van der Waals surface area contributed by atoms with Crippen molar-refractivity contribution in [2.75, 3.05) is 22.8 Å². The highest BCUT2D eigenvalue weighted by molar-refractivity contribution is 7.92. The Morgan fingerprint density at radius 3 is 2.73 bits per heavy atom. The van der Waals surface area contributed by atoms with Gasteiger partial charge in [0.15, 0.2) is 0 Å². The summed E-state index contributed by atoms with van der Waals surface area (Å²) in [5.41, 5.74) is 1.52. The molecule has 0 unspecified atom stereocenters. The zero-order valence-electron chi connectivity index (χ0n) is 17.2. The quantitative estimate of drug-likeness (QED) is 0.632. The molecule has 0 bridgehead atoms. The van der Waals surface area contributed by atoms with Gasteiger partial charge in [0, 0.05) is 11.7 Å². The van der Waals surface area contributed by atoms with Crippen molar-refractivity contribution in [1.82, 2.24) is 5.32 Å². The Hall–Kier alpha value is -2.62. The monoisotopic (exact) mass is 438 g/mol. The van der Waals surface area contributed by atoms with Gasteiger partial charge in [-0.2, -0.15) is 0 Å². The molecule has 1 aliphatic heterocycles. The van der Waals surface area contributed by atoms with Gasteiger partial charge in [-0.1, -0.05) is 0 Å². The van der Waals surface area contributed by atoms with E-state index < -0.39 is 15.8 Å². The van der Waals surface area contributed by atoms with Crippen molar-refractivity contribution >= 4 is 33.3 Å². The van der Waals surface area contributed by atoms with Crippen LogP contribution in [0.15, 0.2) is 34.8 Å². The molecule has 1 fully saturated rings. The Morgan fingerprint density at radius 2 is 2.07 bits per heavy atom. The molecule has 2 aliphatic rings. The summed E-state index contributed by atoms with van der Waals surface area (Å²) in [6.45, 7) is 4.32. The SMILES string of the molecule is CC(C)NC(=O)O[C@@H]1CC[C@H](C2=CC(Nc3ccc(NS(C)(=O)=O)c(F)c3)=NC2)C1. The van der Waals surface area contributed by atoms with Gasteiger partial charge in [0.2, 0.25) is 10.0 Å². The number of hydrogen-bond donors (Lipinski definition) is 3. The number of amides is 1. The molecule has 0 saturated heterocycles. The normalized spacial score (nSPS) is 21.2. The number of rotatable bonds is 6. The third-order valence-corrected chi connectivity index (χ3v) is 5.47. The summed E-state index contributed by atoms with van der Waals surface area (Å²) in [7, 11) is -3.55. The average Bonchev–Trinajstić information content (AvgIpc) is 3.25. The highest BCUT2D eigenvalue weighted by Crippen LogP contribution is 2.35. The molecule has 1 aromatic rings. The van der Waals surface area contributed by atoms with Crippen molar-refractivity contribution in [2.45, 2.75) is 45.3 Å². The highest BCUT2D eigenvalue weighted by Gasteiger charge is 2.31. The Balaban J connectivity index is 1.55. The molecule has 164 valence electrons. The maximum absolute atomic E-state index is 14.1. The molecule has 0 aromatic heterocycles. The molecular formula is C20H27FN4O4S. The molecule has 0 radical (unpaired) electrons. The summed E-state index contributed by atoms with van der Waals surface area (Å²) in [5.74, 6) is 0.238. The molecule has 1 heterocycles. The van der Waals surface area contributed by atoms with Crippen molar-refractivity contribution in [2.24, 2.45) is 10.9 Å².